The third-order valence-electron chi connectivity index (χ3n) is 9.40. The van der Waals surface area contributed by atoms with E-state index in [1.807, 2.05) is 42.5 Å². The van der Waals surface area contributed by atoms with Gasteiger partial charge >= 0.3 is 12.2 Å². The zero-order chi connectivity index (χ0) is 36.2. The number of fused-ring (bicyclic) bond motifs is 1. The van der Waals surface area contributed by atoms with Crippen LogP contribution in [0.4, 0.5) is 15.4 Å². The van der Waals surface area contributed by atoms with E-state index in [-0.39, 0.29) is 23.8 Å². The molecule has 2 aromatic carbocycles. The molecule has 2 aliphatic rings. The molecule has 0 saturated carbocycles. The maximum absolute atomic E-state index is 13.4. The molecule has 268 valence electrons. The van der Waals surface area contributed by atoms with Crippen LogP contribution >= 0.6 is 0 Å². The smallest absolute Gasteiger partial charge is 0.407 e. The Labute approximate surface area is 293 Å². The van der Waals surface area contributed by atoms with Crippen LogP contribution in [0.2, 0.25) is 0 Å². The number of likely N-dealkylation sites (tertiary alicyclic amines) is 2. The van der Waals surface area contributed by atoms with Crippen molar-refractivity contribution in [1.29, 1.82) is 0 Å². The number of hydrogen-bond donors (Lipinski definition) is 5. The number of alkyl carbamates (subject to hydrolysis) is 2. The number of ether oxygens (including phenoxy) is 2. The molecule has 16 nitrogen and oxygen atoms in total. The second-order valence-corrected chi connectivity index (χ2v) is 12.7. The van der Waals surface area contributed by atoms with E-state index in [4.69, 9.17) is 0 Å². The molecule has 4 heterocycles. The van der Waals surface area contributed by atoms with Crippen LogP contribution in [0, 0.1) is 0 Å². The lowest BCUT2D eigenvalue weighted by Gasteiger charge is -2.26. The summed E-state index contributed by atoms with van der Waals surface area (Å²) in [6.45, 7) is 4.16. The lowest BCUT2D eigenvalue weighted by Crippen LogP contribution is -2.51. The normalized spacial score (nSPS) is 18.3. The van der Waals surface area contributed by atoms with Crippen LogP contribution in [0.15, 0.2) is 48.7 Å². The largest absolute Gasteiger partial charge is 0.453 e. The number of aromatic nitrogens is 4. The lowest BCUT2D eigenvalue weighted by molar-refractivity contribution is -0.138. The van der Waals surface area contributed by atoms with Gasteiger partial charge in [0, 0.05) is 18.5 Å². The zero-order valence-electron chi connectivity index (χ0n) is 28.8. The first-order valence-electron chi connectivity index (χ1n) is 16.8. The van der Waals surface area contributed by atoms with E-state index in [2.05, 4.69) is 45.6 Å². The summed E-state index contributed by atoms with van der Waals surface area (Å²) < 4.78 is 9.22. The molecular weight excluding hydrogens is 658 g/mol. The fraction of sp³-hybridized carbons (Fsp3) is 0.400. The van der Waals surface area contributed by atoms with Crippen LogP contribution in [0.3, 0.4) is 0 Å². The number of H-pyrrole nitrogens is 2. The van der Waals surface area contributed by atoms with Gasteiger partial charge in [0.1, 0.15) is 23.9 Å². The molecule has 2 aromatic heterocycles. The van der Waals surface area contributed by atoms with Gasteiger partial charge in [-0.15, -0.1) is 0 Å². The summed E-state index contributed by atoms with van der Waals surface area (Å²) in [6, 6.07) is 11.2. The van der Waals surface area contributed by atoms with Gasteiger partial charge in [0.05, 0.1) is 37.7 Å². The third kappa shape index (κ3) is 7.34. The summed E-state index contributed by atoms with van der Waals surface area (Å²) in [5, 5.41) is 15.9. The van der Waals surface area contributed by atoms with E-state index in [0.29, 0.717) is 43.0 Å². The molecule has 5 amide bonds. The van der Waals surface area contributed by atoms with Crippen molar-refractivity contribution >= 4 is 46.6 Å². The highest BCUT2D eigenvalue weighted by molar-refractivity contribution is 6.04. The van der Waals surface area contributed by atoms with Crippen molar-refractivity contribution in [3.05, 3.63) is 54.5 Å². The number of rotatable bonds is 9. The lowest BCUT2D eigenvalue weighted by atomic mass is 10.0. The number of aromatic amines is 2. The van der Waals surface area contributed by atoms with Crippen molar-refractivity contribution in [2.45, 2.75) is 63.7 Å². The van der Waals surface area contributed by atoms with Crippen molar-refractivity contribution < 1.29 is 33.4 Å². The first-order valence-corrected chi connectivity index (χ1v) is 16.8. The standard InChI is InChI=1S/C35H41N9O7/c1-19(37-34(48)50-3)32(46)43-15-5-7-27(43)30-36-18-26(39-30)22-11-9-21(10-12-22)23-13-14-25-24(17-23)29(42-41-25)40-31(45)28-8-6-16-44(28)33(47)20(2)38-35(49)51-4/h9-14,17-20,27-28H,5-8,15-16H2,1-4H3,(H,36,39)(H,37,48)(H,38,49)(H2,40,41,42,45)/t19-,20-,27-,28-/m0/s1. The maximum atomic E-state index is 13.4. The van der Waals surface area contributed by atoms with E-state index < -0.39 is 30.3 Å². The van der Waals surface area contributed by atoms with Gasteiger partial charge in [-0.25, -0.2) is 14.6 Å². The highest BCUT2D eigenvalue weighted by atomic mass is 16.5. The minimum Gasteiger partial charge on any atom is -0.453 e. The number of nitrogens with zero attached hydrogens (tertiary/aromatic N) is 4. The first kappa shape index (κ1) is 34.9. The van der Waals surface area contributed by atoms with E-state index in [1.54, 1.807) is 24.9 Å². The summed E-state index contributed by atoms with van der Waals surface area (Å²) in [7, 11) is 2.48. The molecular formula is C35H41N9O7. The summed E-state index contributed by atoms with van der Waals surface area (Å²) in [4.78, 5) is 73.9. The second kappa shape index (κ2) is 14.9. The van der Waals surface area contributed by atoms with E-state index in [1.165, 1.54) is 19.1 Å². The van der Waals surface area contributed by atoms with Crippen molar-refractivity contribution in [2.24, 2.45) is 0 Å². The quantitative estimate of drug-likeness (QED) is 0.173. The third-order valence-corrected chi connectivity index (χ3v) is 9.40. The Hall–Kier alpha value is -5.93. The molecule has 2 aliphatic heterocycles. The molecule has 2 fully saturated rings. The summed E-state index contributed by atoms with van der Waals surface area (Å²) in [6.07, 6.45) is 3.11. The Bertz CT molecular complexity index is 1940. The molecule has 51 heavy (non-hydrogen) atoms. The number of hydrogen-bond acceptors (Lipinski definition) is 9. The first-order chi connectivity index (χ1) is 24.6. The van der Waals surface area contributed by atoms with Gasteiger partial charge in [-0.05, 0) is 68.4 Å². The fourth-order valence-electron chi connectivity index (χ4n) is 6.69. The number of nitrogens with one attached hydrogen (secondary N) is 5. The molecule has 2 saturated heterocycles. The van der Waals surface area contributed by atoms with Gasteiger partial charge in [-0.1, -0.05) is 30.3 Å². The van der Waals surface area contributed by atoms with Crippen LogP contribution in [0.1, 0.15) is 51.4 Å². The molecule has 4 atom stereocenters. The van der Waals surface area contributed by atoms with Crippen LogP contribution < -0.4 is 16.0 Å². The number of methoxy groups -OCH3 is 2. The van der Waals surface area contributed by atoms with Gasteiger partial charge in [-0.2, -0.15) is 5.10 Å². The number of amides is 5. The number of imidazole rings is 1. The van der Waals surface area contributed by atoms with Crippen LogP contribution in [0.5, 0.6) is 0 Å². The molecule has 0 radical (unpaired) electrons. The second-order valence-electron chi connectivity index (χ2n) is 12.7. The van der Waals surface area contributed by atoms with Gasteiger partial charge < -0.3 is 40.2 Å². The van der Waals surface area contributed by atoms with E-state index in [0.717, 1.165) is 40.7 Å². The zero-order valence-corrected chi connectivity index (χ0v) is 28.8. The summed E-state index contributed by atoms with van der Waals surface area (Å²) in [5.41, 5.74) is 4.31. The van der Waals surface area contributed by atoms with Crippen molar-refractivity contribution in [3.8, 4) is 22.4 Å². The molecule has 0 spiro atoms. The average molecular weight is 700 g/mol. The molecule has 16 heteroatoms. The Morgan fingerprint density at radius 2 is 1.43 bits per heavy atom. The predicted molar refractivity (Wildman–Crippen MR) is 186 cm³/mol. The van der Waals surface area contributed by atoms with Crippen LogP contribution in [-0.4, -0.2) is 105 Å². The Balaban J connectivity index is 1.13. The monoisotopic (exact) mass is 699 g/mol. The number of carbonyl (C=O) groups excluding carboxylic acids is 5. The average Bonchev–Trinajstić information content (AvgIpc) is 3.97. The minimum atomic E-state index is -0.846. The molecule has 4 aromatic rings. The number of anilines is 1. The van der Waals surface area contributed by atoms with Crippen LogP contribution in [-0.2, 0) is 23.9 Å². The van der Waals surface area contributed by atoms with E-state index >= 15 is 0 Å². The molecule has 5 N–H and O–H groups in total. The Kier molecular flexibility index (Phi) is 10.2. The predicted octanol–water partition coefficient (Wildman–Crippen LogP) is 3.70. The Morgan fingerprint density at radius 1 is 0.824 bits per heavy atom. The van der Waals surface area contributed by atoms with Crippen molar-refractivity contribution in [1.82, 2.24) is 40.6 Å². The van der Waals surface area contributed by atoms with Gasteiger partial charge in [-0.3, -0.25) is 19.5 Å². The van der Waals surface area contributed by atoms with E-state index in [9.17, 15) is 24.0 Å². The Morgan fingerprint density at radius 3 is 2.12 bits per heavy atom. The summed E-state index contributed by atoms with van der Waals surface area (Å²) >= 11 is 0. The summed E-state index contributed by atoms with van der Waals surface area (Å²) in [5.74, 6) is 0.122. The SMILES string of the molecule is COC(=O)N[C@@H](C)C(=O)N1CCC[C@H]1C(=O)Nc1n[nH]c2ccc(-c3ccc(-c4cnc([C@@H]5CCCN5C(=O)[C@H](C)NC(=O)OC)[nH]4)cc3)cc12. The highest BCUT2D eigenvalue weighted by Gasteiger charge is 2.37. The maximum Gasteiger partial charge on any atom is 0.407 e. The molecule has 0 bridgehead atoms. The number of benzene rings is 2. The molecule has 6 rings (SSSR count). The van der Waals surface area contributed by atoms with Gasteiger partial charge in [0.2, 0.25) is 17.7 Å². The van der Waals surface area contributed by atoms with Crippen molar-refractivity contribution in [3.63, 3.8) is 0 Å². The van der Waals surface area contributed by atoms with Gasteiger partial charge in [0.25, 0.3) is 0 Å². The number of carbonyl (C=O) groups is 5. The van der Waals surface area contributed by atoms with Gasteiger partial charge in [0.15, 0.2) is 5.82 Å². The fourth-order valence-corrected chi connectivity index (χ4v) is 6.69. The molecule has 0 unspecified atom stereocenters. The highest BCUT2D eigenvalue weighted by Crippen LogP contribution is 2.33. The van der Waals surface area contributed by atoms with Crippen molar-refractivity contribution in [2.75, 3.05) is 32.6 Å². The minimum absolute atomic E-state index is 0.197. The topological polar surface area (TPSA) is 204 Å². The van der Waals surface area contributed by atoms with Crippen LogP contribution in [0.25, 0.3) is 33.3 Å². The molecule has 0 aliphatic carbocycles.